The number of aromatic nitrogens is 3. The van der Waals surface area contributed by atoms with Gasteiger partial charge in [0, 0.05) is 17.6 Å². The SMILES string of the molecule is CC(N)c1cncn1Cc1cscn1. The van der Waals surface area contributed by atoms with Crippen molar-refractivity contribution in [2.45, 2.75) is 19.5 Å². The van der Waals surface area contributed by atoms with Crippen LogP contribution in [0.3, 0.4) is 0 Å². The number of nitrogens with zero attached hydrogens (tertiary/aromatic N) is 3. The minimum Gasteiger partial charge on any atom is -0.327 e. The predicted octanol–water partition coefficient (Wildman–Crippen LogP) is 1.41. The van der Waals surface area contributed by atoms with Crippen molar-refractivity contribution in [1.82, 2.24) is 14.5 Å². The molecule has 4 nitrogen and oxygen atoms in total. The molecule has 0 spiro atoms. The van der Waals surface area contributed by atoms with E-state index in [1.807, 2.05) is 22.4 Å². The highest BCUT2D eigenvalue weighted by Gasteiger charge is 2.07. The van der Waals surface area contributed by atoms with Gasteiger partial charge in [0.1, 0.15) is 0 Å². The lowest BCUT2D eigenvalue weighted by Gasteiger charge is -2.08. The highest BCUT2D eigenvalue weighted by molar-refractivity contribution is 7.07. The van der Waals surface area contributed by atoms with E-state index in [-0.39, 0.29) is 6.04 Å². The lowest BCUT2D eigenvalue weighted by Crippen LogP contribution is -2.12. The van der Waals surface area contributed by atoms with Gasteiger partial charge >= 0.3 is 0 Å². The molecule has 2 rings (SSSR count). The van der Waals surface area contributed by atoms with E-state index < -0.39 is 0 Å². The van der Waals surface area contributed by atoms with E-state index in [0.29, 0.717) is 0 Å². The Kier molecular flexibility index (Phi) is 2.60. The summed E-state index contributed by atoms with van der Waals surface area (Å²) in [6.07, 6.45) is 3.59. The highest BCUT2D eigenvalue weighted by atomic mass is 32.1. The summed E-state index contributed by atoms with van der Waals surface area (Å²) in [5.74, 6) is 0. The van der Waals surface area contributed by atoms with Crippen molar-refractivity contribution < 1.29 is 0 Å². The first-order valence-corrected chi connectivity index (χ1v) is 5.34. The fourth-order valence-corrected chi connectivity index (χ4v) is 1.88. The zero-order valence-corrected chi connectivity index (χ0v) is 8.74. The molecule has 0 saturated heterocycles. The van der Waals surface area contributed by atoms with Crippen LogP contribution >= 0.6 is 11.3 Å². The second-order valence-corrected chi connectivity index (χ2v) is 3.93. The lowest BCUT2D eigenvalue weighted by atomic mass is 10.2. The van der Waals surface area contributed by atoms with Crippen LogP contribution in [0.25, 0.3) is 0 Å². The Bertz CT molecular complexity index is 391. The fraction of sp³-hybridized carbons (Fsp3) is 0.333. The lowest BCUT2D eigenvalue weighted by molar-refractivity contribution is 0.668. The van der Waals surface area contributed by atoms with Crippen molar-refractivity contribution in [2.24, 2.45) is 5.73 Å². The summed E-state index contributed by atoms with van der Waals surface area (Å²) in [5.41, 5.74) is 9.73. The summed E-state index contributed by atoms with van der Waals surface area (Å²) < 4.78 is 2.03. The molecule has 0 bridgehead atoms. The smallest absolute Gasteiger partial charge is 0.0952 e. The van der Waals surface area contributed by atoms with Crippen LogP contribution in [0.1, 0.15) is 24.4 Å². The molecule has 5 heteroatoms. The van der Waals surface area contributed by atoms with Gasteiger partial charge in [-0.2, -0.15) is 0 Å². The Labute approximate surface area is 86.4 Å². The molecular weight excluding hydrogens is 196 g/mol. The van der Waals surface area contributed by atoms with Gasteiger partial charge in [0.05, 0.1) is 29.8 Å². The van der Waals surface area contributed by atoms with Crippen LogP contribution in [0.4, 0.5) is 0 Å². The van der Waals surface area contributed by atoms with Crippen LogP contribution in [-0.4, -0.2) is 14.5 Å². The number of hydrogen-bond donors (Lipinski definition) is 1. The topological polar surface area (TPSA) is 56.7 Å². The van der Waals surface area contributed by atoms with E-state index in [9.17, 15) is 0 Å². The van der Waals surface area contributed by atoms with Crippen LogP contribution in [0.15, 0.2) is 23.4 Å². The van der Waals surface area contributed by atoms with Crippen molar-refractivity contribution in [3.8, 4) is 0 Å². The average molecular weight is 208 g/mol. The molecule has 0 saturated carbocycles. The van der Waals surface area contributed by atoms with Crippen LogP contribution in [-0.2, 0) is 6.54 Å². The Balaban J connectivity index is 2.21. The maximum absolute atomic E-state index is 5.81. The molecule has 0 fully saturated rings. The van der Waals surface area contributed by atoms with Gasteiger partial charge in [-0.15, -0.1) is 11.3 Å². The first-order chi connectivity index (χ1) is 6.77. The van der Waals surface area contributed by atoms with E-state index in [2.05, 4.69) is 9.97 Å². The minimum absolute atomic E-state index is 0.0103. The quantitative estimate of drug-likeness (QED) is 0.829. The summed E-state index contributed by atoms with van der Waals surface area (Å²) >= 11 is 1.60. The molecule has 1 unspecified atom stereocenters. The molecule has 2 heterocycles. The van der Waals surface area contributed by atoms with Crippen LogP contribution < -0.4 is 5.73 Å². The molecule has 0 amide bonds. The van der Waals surface area contributed by atoms with Crippen molar-refractivity contribution in [3.63, 3.8) is 0 Å². The molecule has 0 aliphatic rings. The summed E-state index contributed by atoms with van der Waals surface area (Å²) in [6, 6.07) is 0.0103. The third-order valence-corrected chi connectivity index (χ3v) is 2.66. The van der Waals surface area contributed by atoms with Crippen molar-refractivity contribution in [3.05, 3.63) is 34.8 Å². The van der Waals surface area contributed by atoms with Gasteiger partial charge in [0.25, 0.3) is 0 Å². The number of hydrogen-bond acceptors (Lipinski definition) is 4. The van der Waals surface area contributed by atoms with Crippen LogP contribution in [0.2, 0.25) is 0 Å². The monoisotopic (exact) mass is 208 g/mol. The number of nitrogens with two attached hydrogens (primary N) is 1. The third kappa shape index (κ3) is 1.83. The standard InChI is InChI=1S/C9H12N4S/c1-7(10)9-2-11-5-13(9)3-8-4-14-6-12-8/h2,4-7H,3,10H2,1H3. The summed E-state index contributed by atoms with van der Waals surface area (Å²) in [5, 5.41) is 2.03. The summed E-state index contributed by atoms with van der Waals surface area (Å²) in [6.45, 7) is 2.70. The Morgan fingerprint density at radius 3 is 3.14 bits per heavy atom. The predicted molar refractivity (Wildman–Crippen MR) is 56.0 cm³/mol. The fourth-order valence-electron chi connectivity index (χ4n) is 1.33. The van der Waals surface area contributed by atoms with Gasteiger partial charge in [-0.3, -0.25) is 0 Å². The first kappa shape index (κ1) is 9.36. The number of rotatable bonds is 3. The van der Waals surface area contributed by atoms with Crippen LogP contribution in [0, 0.1) is 0 Å². The van der Waals surface area contributed by atoms with Crippen molar-refractivity contribution in [2.75, 3.05) is 0 Å². The first-order valence-electron chi connectivity index (χ1n) is 4.40. The van der Waals surface area contributed by atoms with E-state index in [1.165, 1.54) is 0 Å². The average Bonchev–Trinajstić information content (AvgIpc) is 2.75. The third-order valence-electron chi connectivity index (χ3n) is 2.03. The minimum atomic E-state index is 0.0103. The molecular formula is C9H12N4S. The maximum atomic E-state index is 5.81. The molecule has 2 aromatic heterocycles. The second kappa shape index (κ2) is 3.89. The largest absolute Gasteiger partial charge is 0.327 e. The molecule has 2 N–H and O–H groups in total. The van der Waals surface area contributed by atoms with Gasteiger partial charge in [0.2, 0.25) is 0 Å². The molecule has 0 aliphatic heterocycles. The number of thiazole rings is 1. The van der Waals surface area contributed by atoms with Gasteiger partial charge in [-0.25, -0.2) is 9.97 Å². The van der Waals surface area contributed by atoms with E-state index in [0.717, 1.165) is 17.9 Å². The van der Waals surface area contributed by atoms with E-state index in [4.69, 9.17) is 5.73 Å². The second-order valence-electron chi connectivity index (χ2n) is 3.21. The Morgan fingerprint density at radius 1 is 1.64 bits per heavy atom. The maximum Gasteiger partial charge on any atom is 0.0952 e. The van der Waals surface area contributed by atoms with Gasteiger partial charge in [-0.1, -0.05) is 0 Å². The van der Waals surface area contributed by atoms with E-state index in [1.54, 1.807) is 23.9 Å². The highest BCUT2D eigenvalue weighted by Crippen LogP contribution is 2.11. The molecule has 0 radical (unpaired) electrons. The molecule has 0 aliphatic carbocycles. The number of imidazole rings is 1. The molecule has 14 heavy (non-hydrogen) atoms. The molecule has 74 valence electrons. The Hall–Kier alpha value is -1.20. The molecule has 0 aromatic carbocycles. The van der Waals surface area contributed by atoms with Crippen LogP contribution in [0.5, 0.6) is 0 Å². The normalized spacial score (nSPS) is 13.0. The van der Waals surface area contributed by atoms with Crippen molar-refractivity contribution in [1.29, 1.82) is 0 Å². The molecule has 2 aromatic rings. The zero-order valence-electron chi connectivity index (χ0n) is 7.92. The van der Waals surface area contributed by atoms with Crippen molar-refractivity contribution >= 4 is 11.3 Å². The van der Waals surface area contributed by atoms with Gasteiger partial charge < -0.3 is 10.3 Å². The summed E-state index contributed by atoms with van der Waals surface area (Å²) in [7, 11) is 0. The Morgan fingerprint density at radius 2 is 2.50 bits per heavy atom. The van der Waals surface area contributed by atoms with Gasteiger partial charge in [-0.05, 0) is 6.92 Å². The zero-order chi connectivity index (χ0) is 9.97. The van der Waals surface area contributed by atoms with Gasteiger partial charge in [0.15, 0.2) is 0 Å². The summed E-state index contributed by atoms with van der Waals surface area (Å²) in [4.78, 5) is 8.30. The molecule has 1 atom stereocenters. The van der Waals surface area contributed by atoms with E-state index >= 15 is 0 Å².